The monoisotopic (exact) mass is 470 g/mol. The Kier molecular flexibility index (Phi) is 10.5. The van der Waals surface area contributed by atoms with Crippen molar-refractivity contribution in [2.75, 3.05) is 30.1 Å². The van der Waals surface area contributed by atoms with E-state index in [2.05, 4.69) is 28.2 Å². The molecule has 0 saturated heterocycles. The zero-order valence-electron chi connectivity index (χ0n) is 14.8. The number of rotatable bonds is 10. The highest BCUT2D eigenvalue weighted by Crippen LogP contribution is 2.62. The fourth-order valence-electron chi connectivity index (χ4n) is 2.03. The number of nitrogens with one attached hydrogen (secondary N) is 1. The summed E-state index contributed by atoms with van der Waals surface area (Å²) in [5.41, 5.74) is 1.56. The van der Waals surface area contributed by atoms with Crippen molar-refractivity contribution in [2.24, 2.45) is 0 Å². The van der Waals surface area contributed by atoms with Gasteiger partial charge in [-0.2, -0.15) is 0 Å². The Labute approximate surface area is 167 Å². The molecule has 1 atom stereocenters. The van der Waals surface area contributed by atoms with Crippen LogP contribution in [0.25, 0.3) is 0 Å². The van der Waals surface area contributed by atoms with Crippen molar-refractivity contribution in [1.82, 2.24) is 4.67 Å². The SMILES string of the molecule is CCCCSP(=O)(OCC)N(CCCl)C(=O)Nc1ccc(Br)cc1C. The number of anilines is 1. The molecule has 1 aromatic rings. The number of urea groups is 1. The molecule has 0 heterocycles. The number of carbonyl (C=O) groups excluding carboxylic acids is 1. The zero-order valence-corrected chi connectivity index (χ0v) is 18.8. The van der Waals surface area contributed by atoms with Gasteiger partial charge in [0.25, 0.3) is 0 Å². The lowest BCUT2D eigenvalue weighted by Crippen LogP contribution is -2.34. The summed E-state index contributed by atoms with van der Waals surface area (Å²) in [6.45, 7) is 2.79. The molecular weight excluding hydrogens is 447 g/mol. The van der Waals surface area contributed by atoms with Crippen molar-refractivity contribution in [3.05, 3.63) is 28.2 Å². The van der Waals surface area contributed by atoms with Gasteiger partial charge in [0.2, 0.25) is 0 Å². The molecule has 1 unspecified atom stereocenters. The van der Waals surface area contributed by atoms with E-state index >= 15 is 0 Å². The lowest BCUT2D eigenvalue weighted by atomic mass is 10.2. The Morgan fingerprint density at radius 3 is 2.72 bits per heavy atom. The second-order valence-corrected chi connectivity index (χ2v) is 11.1. The quantitative estimate of drug-likeness (QED) is 0.240. The molecular formula is C16H25BrClN2O3PS. The largest absolute Gasteiger partial charge is 0.357 e. The van der Waals surface area contributed by atoms with Gasteiger partial charge in [0.1, 0.15) is 0 Å². The second kappa shape index (κ2) is 11.5. The average molecular weight is 472 g/mol. The molecule has 25 heavy (non-hydrogen) atoms. The number of halogens is 2. The average Bonchev–Trinajstić information content (AvgIpc) is 2.55. The van der Waals surface area contributed by atoms with Gasteiger partial charge in [-0.1, -0.05) is 29.3 Å². The van der Waals surface area contributed by atoms with Gasteiger partial charge < -0.3 is 9.84 Å². The topological polar surface area (TPSA) is 58.6 Å². The van der Waals surface area contributed by atoms with Gasteiger partial charge in [-0.05, 0) is 55.4 Å². The Hall–Kier alpha value is -0.200. The summed E-state index contributed by atoms with van der Waals surface area (Å²) in [6.07, 6.45) is 1.89. The molecule has 0 fully saturated rings. The molecule has 5 nitrogen and oxygen atoms in total. The number of hydrogen-bond acceptors (Lipinski definition) is 4. The summed E-state index contributed by atoms with van der Waals surface area (Å²) in [4.78, 5) is 12.8. The summed E-state index contributed by atoms with van der Waals surface area (Å²) in [6, 6.07) is 5.07. The minimum absolute atomic E-state index is 0.152. The maximum Gasteiger partial charge on any atom is 0.357 e. The molecule has 0 radical (unpaired) electrons. The zero-order chi connectivity index (χ0) is 18.9. The predicted molar refractivity (Wildman–Crippen MR) is 112 cm³/mol. The number of amides is 2. The molecule has 1 aromatic carbocycles. The van der Waals surface area contributed by atoms with Gasteiger partial charge in [0, 0.05) is 28.3 Å². The molecule has 0 aliphatic heterocycles. The molecule has 0 aliphatic carbocycles. The third-order valence-corrected chi connectivity index (χ3v) is 8.75. The minimum Gasteiger partial charge on any atom is -0.307 e. The highest BCUT2D eigenvalue weighted by atomic mass is 79.9. The number of benzene rings is 1. The molecule has 1 rings (SSSR count). The third kappa shape index (κ3) is 7.14. The van der Waals surface area contributed by atoms with E-state index in [0.29, 0.717) is 11.4 Å². The maximum atomic E-state index is 13.3. The predicted octanol–water partition coefficient (Wildman–Crippen LogP) is 6.51. The fraction of sp³-hybridized carbons (Fsp3) is 0.562. The van der Waals surface area contributed by atoms with E-state index in [1.807, 2.05) is 19.1 Å². The van der Waals surface area contributed by atoms with Crippen LogP contribution in [0.1, 0.15) is 32.3 Å². The molecule has 0 spiro atoms. The van der Waals surface area contributed by atoms with Crippen molar-refractivity contribution in [1.29, 1.82) is 0 Å². The molecule has 0 aromatic heterocycles. The summed E-state index contributed by atoms with van der Waals surface area (Å²) in [5.74, 6) is 0.843. The number of alkyl halides is 1. The fourth-order valence-corrected chi connectivity index (χ4v) is 7.24. The van der Waals surface area contributed by atoms with Gasteiger partial charge in [-0.3, -0.25) is 4.57 Å². The smallest absolute Gasteiger partial charge is 0.307 e. The summed E-state index contributed by atoms with van der Waals surface area (Å²) >= 11 is 10.4. The van der Waals surface area contributed by atoms with E-state index in [9.17, 15) is 9.36 Å². The number of aryl methyl sites for hydroxylation is 1. The lowest BCUT2D eigenvalue weighted by Gasteiger charge is -2.30. The first-order valence-electron chi connectivity index (χ1n) is 8.18. The normalized spacial score (nSPS) is 13.3. The van der Waals surface area contributed by atoms with E-state index in [-0.39, 0.29) is 19.0 Å². The Morgan fingerprint density at radius 2 is 2.16 bits per heavy atom. The van der Waals surface area contributed by atoms with Crippen LogP contribution in [-0.2, 0) is 9.09 Å². The van der Waals surface area contributed by atoms with E-state index in [4.69, 9.17) is 16.1 Å². The van der Waals surface area contributed by atoms with Gasteiger partial charge >= 0.3 is 12.8 Å². The molecule has 0 saturated carbocycles. The molecule has 2 amide bonds. The van der Waals surface area contributed by atoms with Crippen molar-refractivity contribution in [3.63, 3.8) is 0 Å². The number of carbonyl (C=O) groups is 1. The van der Waals surface area contributed by atoms with Crippen LogP contribution in [0.3, 0.4) is 0 Å². The number of hydrogen-bond donors (Lipinski definition) is 1. The lowest BCUT2D eigenvalue weighted by molar-refractivity contribution is 0.228. The van der Waals surface area contributed by atoms with Gasteiger partial charge in [0.05, 0.1) is 6.61 Å². The van der Waals surface area contributed by atoms with Crippen LogP contribution in [0.4, 0.5) is 10.5 Å². The van der Waals surface area contributed by atoms with Gasteiger partial charge in [-0.25, -0.2) is 9.46 Å². The van der Waals surface area contributed by atoms with Crippen LogP contribution in [0.15, 0.2) is 22.7 Å². The van der Waals surface area contributed by atoms with Crippen LogP contribution in [0.2, 0.25) is 0 Å². The Balaban J connectivity index is 3.00. The molecule has 0 aliphatic rings. The minimum atomic E-state index is -3.35. The maximum absolute atomic E-state index is 13.3. The first-order chi connectivity index (χ1) is 11.9. The van der Waals surface area contributed by atoms with Crippen LogP contribution in [0, 0.1) is 6.92 Å². The highest BCUT2D eigenvalue weighted by molar-refractivity contribution is 9.10. The molecule has 1 N–H and O–H groups in total. The van der Waals surface area contributed by atoms with Crippen LogP contribution < -0.4 is 5.32 Å². The van der Waals surface area contributed by atoms with Gasteiger partial charge in [0.15, 0.2) is 0 Å². The van der Waals surface area contributed by atoms with Gasteiger partial charge in [-0.15, -0.1) is 11.6 Å². The number of unbranched alkanes of at least 4 members (excludes halogenated alkanes) is 1. The Bertz CT molecular complexity index is 621. The summed E-state index contributed by atoms with van der Waals surface area (Å²) in [5, 5.41) is 2.82. The van der Waals surface area contributed by atoms with E-state index < -0.39 is 12.8 Å². The summed E-state index contributed by atoms with van der Waals surface area (Å²) < 4.78 is 21.0. The van der Waals surface area contributed by atoms with Crippen molar-refractivity contribution >= 4 is 57.4 Å². The van der Waals surface area contributed by atoms with E-state index in [1.54, 1.807) is 13.0 Å². The first kappa shape index (κ1) is 22.8. The van der Waals surface area contributed by atoms with Crippen molar-refractivity contribution in [3.8, 4) is 0 Å². The van der Waals surface area contributed by atoms with E-state index in [0.717, 1.165) is 22.9 Å². The first-order valence-corrected chi connectivity index (χ1v) is 12.7. The highest BCUT2D eigenvalue weighted by Gasteiger charge is 2.36. The van der Waals surface area contributed by atoms with Crippen LogP contribution >= 0.6 is 45.6 Å². The van der Waals surface area contributed by atoms with Crippen molar-refractivity contribution < 1.29 is 13.9 Å². The van der Waals surface area contributed by atoms with Crippen LogP contribution in [-0.4, -0.2) is 35.5 Å². The summed E-state index contributed by atoms with van der Waals surface area (Å²) in [7, 11) is 0. The van der Waals surface area contributed by atoms with E-state index in [1.165, 1.54) is 16.1 Å². The standard InChI is InChI=1S/C16H25BrClN2O3PS/c1-4-6-11-25-24(22,23-5-2)20(10-9-18)16(21)19-15-8-7-14(17)12-13(15)3/h7-8,12H,4-6,9-11H2,1-3H3,(H,19,21). The molecule has 142 valence electrons. The van der Waals surface area contributed by atoms with Crippen LogP contribution in [0.5, 0.6) is 0 Å². The van der Waals surface area contributed by atoms with Crippen molar-refractivity contribution in [2.45, 2.75) is 33.6 Å². The number of nitrogens with zero attached hydrogens (tertiary/aromatic N) is 1. The third-order valence-electron chi connectivity index (χ3n) is 3.30. The molecule has 9 heteroatoms. The Morgan fingerprint density at radius 1 is 1.44 bits per heavy atom. The molecule has 0 bridgehead atoms. The second-order valence-electron chi connectivity index (χ2n) is 5.27.